The van der Waals surface area contributed by atoms with Crippen LogP contribution in [0.5, 0.6) is 0 Å². The topological polar surface area (TPSA) is 35.8 Å². The standard InChI is InChI=1S/C9H14N2/c1-2-3-5-9(8-10)6-4-7-11-9/h2-3,11H,4-7H2,1H3/b3-2+. The third-order valence-electron chi connectivity index (χ3n) is 2.16. The predicted octanol–water partition coefficient (Wildman–Crippen LogP) is 1.60. The van der Waals surface area contributed by atoms with Gasteiger partial charge in [-0.05, 0) is 32.7 Å². The molecule has 0 spiro atoms. The van der Waals surface area contributed by atoms with E-state index in [0.717, 1.165) is 25.8 Å². The van der Waals surface area contributed by atoms with Crippen LogP contribution in [0.1, 0.15) is 26.2 Å². The van der Waals surface area contributed by atoms with Gasteiger partial charge in [0.25, 0.3) is 0 Å². The van der Waals surface area contributed by atoms with Crippen LogP contribution in [-0.4, -0.2) is 12.1 Å². The highest BCUT2D eigenvalue weighted by Gasteiger charge is 2.31. The van der Waals surface area contributed by atoms with Crippen molar-refractivity contribution in [1.82, 2.24) is 5.32 Å². The van der Waals surface area contributed by atoms with E-state index in [1.54, 1.807) is 0 Å². The van der Waals surface area contributed by atoms with Gasteiger partial charge in [-0.2, -0.15) is 5.26 Å². The van der Waals surface area contributed by atoms with Gasteiger partial charge in [-0.25, -0.2) is 0 Å². The third-order valence-corrected chi connectivity index (χ3v) is 2.16. The molecule has 0 aliphatic carbocycles. The first-order chi connectivity index (χ1) is 5.33. The second-order valence-electron chi connectivity index (χ2n) is 3.00. The highest BCUT2D eigenvalue weighted by atomic mass is 15.0. The molecule has 1 saturated heterocycles. The summed E-state index contributed by atoms with van der Waals surface area (Å²) in [6.07, 6.45) is 7.03. The monoisotopic (exact) mass is 150 g/mol. The molecule has 60 valence electrons. The highest BCUT2D eigenvalue weighted by Crippen LogP contribution is 2.22. The van der Waals surface area contributed by atoms with Gasteiger partial charge in [-0.3, -0.25) is 5.32 Å². The lowest BCUT2D eigenvalue weighted by atomic mass is 9.95. The average Bonchev–Trinajstić information content (AvgIpc) is 2.50. The van der Waals surface area contributed by atoms with Crippen molar-refractivity contribution in [2.45, 2.75) is 31.7 Å². The summed E-state index contributed by atoms with van der Waals surface area (Å²) in [7, 11) is 0. The van der Waals surface area contributed by atoms with Crippen LogP contribution in [0.2, 0.25) is 0 Å². The number of hydrogen-bond acceptors (Lipinski definition) is 2. The molecule has 1 atom stereocenters. The minimum Gasteiger partial charge on any atom is -0.299 e. The van der Waals surface area contributed by atoms with Crippen molar-refractivity contribution in [3.05, 3.63) is 12.2 Å². The molecule has 0 aromatic carbocycles. The predicted molar refractivity (Wildman–Crippen MR) is 45.0 cm³/mol. The minimum absolute atomic E-state index is 0.244. The van der Waals surface area contributed by atoms with Crippen molar-refractivity contribution in [3.63, 3.8) is 0 Å². The fourth-order valence-electron chi connectivity index (χ4n) is 1.44. The van der Waals surface area contributed by atoms with Crippen LogP contribution in [0.4, 0.5) is 0 Å². The van der Waals surface area contributed by atoms with E-state index < -0.39 is 0 Å². The zero-order chi connectivity index (χ0) is 8.16. The number of nitrogens with one attached hydrogen (secondary N) is 1. The Kier molecular flexibility index (Phi) is 2.67. The Morgan fingerprint density at radius 3 is 3.00 bits per heavy atom. The van der Waals surface area contributed by atoms with E-state index in [1.165, 1.54) is 0 Å². The summed E-state index contributed by atoms with van der Waals surface area (Å²) in [5, 5.41) is 12.1. The Bertz CT molecular complexity index is 182. The quantitative estimate of drug-likeness (QED) is 0.607. The van der Waals surface area contributed by atoms with Gasteiger partial charge in [-0.15, -0.1) is 0 Å². The van der Waals surface area contributed by atoms with E-state index in [2.05, 4.69) is 17.5 Å². The molecular weight excluding hydrogens is 136 g/mol. The summed E-state index contributed by atoms with van der Waals surface area (Å²) in [5.41, 5.74) is -0.244. The summed E-state index contributed by atoms with van der Waals surface area (Å²) >= 11 is 0. The van der Waals surface area contributed by atoms with E-state index in [0.29, 0.717) is 0 Å². The van der Waals surface area contributed by atoms with Gasteiger partial charge in [0.2, 0.25) is 0 Å². The van der Waals surface area contributed by atoms with Crippen LogP contribution >= 0.6 is 0 Å². The molecule has 1 N–H and O–H groups in total. The van der Waals surface area contributed by atoms with E-state index in [1.807, 2.05) is 13.0 Å². The first-order valence-electron chi connectivity index (χ1n) is 4.10. The van der Waals surface area contributed by atoms with Crippen LogP contribution in [0.15, 0.2) is 12.2 Å². The fourth-order valence-corrected chi connectivity index (χ4v) is 1.44. The van der Waals surface area contributed by atoms with Crippen LogP contribution in [-0.2, 0) is 0 Å². The summed E-state index contributed by atoms with van der Waals surface area (Å²) in [4.78, 5) is 0. The number of hydrogen-bond donors (Lipinski definition) is 1. The molecule has 0 aromatic rings. The van der Waals surface area contributed by atoms with Gasteiger partial charge in [0.15, 0.2) is 0 Å². The maximum atomic E-state index is 8.90. The molecule has 0 amide bonds. The zero-order valence-electron chi connectivity index (χ0n) is 6.93. The Morgan fingerprint density at radius 1 is 1.73 bits per heavy atom. The molecule has 0 aromatic heterocycles. The van der Waals surface area contributed by atoms with Crippen molar-refractivity contribution in [2.24, 2.45) is 0 Å². The third kappa shape index (κ3) is 1.81. The first kappa shape index (κ1) is 8.29. The van der Waals surface area contributed by atoms with Gasteiger partial charge < -0.3 is 0 Å². The lowest BCUT2D eigenvalue weighted by Crippen LogP contribution is -2.37. The second kappa shape index (κ2) is 3.54. The zero-order valence-corrected chi connectivity index (χ0v) is 6.93. The Balaban J connectivity index is 2.54. The normalized spacial score (nSPS) is 30.9. The molecule has 2 nitrogen and oxygen atoms in total. The maximum Gasteiger partial charge on any atom is 0.110 e. The van der Waals surface area contributed by atoms with Crippen molar-refractivity contribution in [1.29, 1.82) is 5.26 Å². The van der Waals surface area contributed by atoms with E-state index in [-0.39, 0.29) is 5.54 Å². The van der Waals surface area contributed by atoms with Crippen LogP contribution < -0.4 is 5.32 Å². The van der Waals surface area contributed by atoms with E-state index in [9.17, 15) is 0 Å². The van der Waals surface area contributed by atoms with Crippen LogP contribution in [0, 0.1) is 11.3 Å². The van der Waals surface area contributed by atoms with Crippen LogP contribution in [0.3, 0.4) is 0 Å². The highest BCUT2D eigenvalue weighted by molar-refractivity contribution is 5.13. The van der Waals surface area contributed by atoms with Gasteiger partial charge in [-0.1, -0.05) is 12.2 Å². The SMILES string of the molecule is C/C=C/CC1(C#N)CCCN1. The number of nitriles is 1. The van der Waals surface area contributed by atoms with Gasteiger partial charge >= 0.3 is 0 Å². The minimum atomic E-state index is -0.244. The molecule has 1 rings (SSSR count). The van der Waals surface area contributed by atoms with Crippen molar-refractivity contribution in [3.8, 4) is 6.07 Å². The Morgan fingerprint density at radius 2 is 2.55 bits per heavy atom. The molecule has 1 fully saturated rings. The summed E-state index contributed by atoms with van der Waals surface area (Å²) in [6, 6.07) is 2.35. The molecule has 2 heteroatoms. The molecule has 11 heavy (non-hydrogen) atoms. The lowest BCUT2D eigenvalue weighted by molar-refractivity contribution is 0.489. The largest absolute Gasteiger partial charge is 0.299 e. The summed E-state index contributed by atoms with van der Waals surface area (Å²) < 4.78 is 0. The van der Waals surface area contributed by atoms with E-state index in [4.69, 9.17) is 5.26 Å². The van der Waals surface area contributed by atoms with Crippen LogP contribution in [0.25, 0.3) is 0 Å². The molecular formula is C9H14N2. The summed E-state index contributed by atoms with van der Waals surface area (Å²) in [5.74, 6) is 0. The summed E-state index contributed by atoms with van der Waals surface area (Å²) in [6.45, 7) is 2.98. The molecule has 1 heterocycles. The Hall–Kier alpha value is -0.810. The van der Waals surface area contributed by atoms with Gasteiger partial charge in [0.1, 0.15) is 5.54 Å². The van der Waals surface area contributed by atoms with Crippen molar-refractivity contribution in [2.75, 3.05) is 6.54 Å². The number of nitrogens with zero attached hydrogens (tertiary/aromatic N) is 1. The molecule has 0 radical (unpaired) electrons. The van der Waals surface area contributed by atoms with Gasteiger partial charge in [0.05, 0.1) is 6.07 Å². The molecule has 1 aliphatic rings. The van der Waals surface area contributed by atoms with Crippen molar-refractivity contribution >= 4 is 0 Å². The fraction of sp³-hybridized carbons (Fsp3) is 0.667. The number of allylic oxidation sites excluding steroid dienone is 1. The van der Waals surface area contributed by atoms with Gasteiger partial charge in [0, 0.05) is 0 Å². The smallest absolute Gasteiger partial charge is 0.110 e. The average molecular weight is 150 g/mol. The number of rotatable bonds is 2. The van der Waals surface area contributed by atoms with E-state index >= 15 is 0 Å². The molecule has 1 unspecified atom stereocenters. The molecule has 0 saturated carbocycles. The van der Waals surface area contributed by atoms with Crippen molar-refractivity contribution < 1.29 is 0 Å². The second-order valence-corrected chi connectivity index (χ2v) is 3.00. The maximum absolute atomic E-state index is 8.90. The molecule has 1 aliphatic heterocycles. The lowest BCUT2D eigenvalue weighted by Gasteiger charge is -2.17. The Labute approximate surface area is 67.9 Å². The first-order valence-corrected chi connectivity index (χ1v) is 4.10. The molecule has 0 bridgehead atoms.